The van der Waals surface area contributed by atoms with Crippen molar-refractivity contribution in [1.29, 1.82) is 0 Å². The molecule has 3 fully saturated rings. The molecule has 0 aromatic rings. The predicted molar refractivity (Wildman–Crippen MR) is 99.2 cm³/mol. The molecule has 0 aromatic carbocycles. The number of quaternary nitrogens is 1. The highest BCUT2D eigenvalue weighted by Crippen LogP contribution is 2.66. The van der Waals surface area contributed by atoms with Gasteiger partial charge in [0.1, 0.15) is 6.54 Å². The van der Waals surface area contributed by atoms with Crippen LogP contribution in [0.4, 0.5) is 0 Å². The van der Waals surface area contributed by atoms with Gasteiger partial charge in [0.15, 0.2) is 6.10 Å². The van der Waals surface area contributed by atoms with Crippen LogP contribution in [0.2, 0.25) is 0 Å². The maximum atomic E-state index is 11.6. The minimum absolute atomic E-state index is 0.119. The van der Waals surface area contributed by atoms with Gasteiger partial charge in [-0.3, -0.25) is 4.79 Å². The molecule has 1 aliphatic heterocycles. The molecule has 1 heterocycles. The van der Waals surface area contributed by atoms with E-state index in [4.69, 9.17) is 9.47 Å². The Balaban J connectivity index is 1.61. The number of esters is 1. The van der Waals surface area contributed by atoms with E-state index in [0.717, 1.165) is 16.9 Å². The molecule has 25 heavy (non-hydrogen) atoms. The summed E-state index contributed by atoms with van der Waals surface area (Å²) in [5.41, 5.74) is 0.627. The zero-order chi connectivity index (χ0) is 18.3. The lowest BCUT2D eigenvalue weighted by Gasteiger charge is -2.41. The van der Waals surface area contributed by atoms with Gasteiger partial charge in [-0.2, -0.15) is 0 Å². The fraction of sp³-hybridized carbons (Fsp3) is 0.952. The highest BCUT2D eigenvalue weighted by Gasteiger charge is 2.62. The molecule has 0 radical (unpaired) electrons. The van der Waals surface area contributed by atoms with Crippen molar-refractivity contribution in [3.8, 4) is 0 Å². The highest BCUT2D eigenvalue weighted by molar-refractivity contribution is 5.66. The molecule has 4 heteroatoms. The lowest BCUT2D eigenvalue weighted by atomic mass is 9.70. The molecule has 0 unspecified atom stereocenters. The number of hydrogen-bond donors (Lipinski definition) is 0. The summed E-state index contributed by atoms with van der Waals surface area (Å²) in [6.45, 7) is 12.6. The van der Waals surface area contributed by atoms with Gasteiger partial charge >= 0.3 is 5.97 Å². The zero-order valence-electron chi connectivity index (χ0n) is 17.0. The summed E-state index contributed by atoms with van der Waals surface area (Å²) >= 11 is 0. The molecule has 1 saturated heterocycles. The van der Waals surface area contributed by atoms with Gasteiger partial charge in [-0.05, 0) is 55.3 Å². The minimum atomic E-state index is -0.184. The standard InChI is InChI=1S/C21H38NO3/c1-16(23)25-18(14-22(5)11-7-6-8-12-22)15-24-19-13-17-9-10-21(19,4)20(17,2)3/h17-19H,6-15H2,1-5H3/q+1/t17-,18+,19+,21+/m0/s1. The molecule has 4 nitrogen and oxygen atoms in total. The summed E-state index contributed by atoms with van der Waals surface area (Å²) < 4.78 is 13.1. The lowest BCUT2D eigenvalue weighted by Crippen LogP contribution is -2.53. The number of carbonyl (C=O) groups excluding carboxylic acids is 1. The van der Waals surface area contributed by atoms with Crippen LogP contribution in [-0.4, -0.2) is 55.9 Å². The van der Waals surface area contributed by atoms with Crippen molar-refractivity contribution < 1.29 is 18.8 Å². The molecule has 3 aliphatic rings. The van der Waals surface area contributed by atoms with Crippen LogP contribution in [0.25, 0.3) is 0 Å². The van der Waals surface area contributed by atoms with Crippen LogP contribution in [0, 0.1) is 16.7 Å². The Bertz CT molecular complexity index is 497. The first-order valence-electron chi connectivity index (χ1n) is 10.3. The smallest absolute Gasteiger partial charge is 0.303 e. The molecule has 4 atom stereocenters. The second-order valence-electron chi connectivity index (χ2n) is 9.97. The van der Waals surface area contributed by atoms with Crippen molar-refractivity contribution in [2.75, 3.05) is 33.3 Å². The molecule has 0 amide bonds. The Morgan fingerprint density at radius 3 is 2.40 bits per heavy atom. The first kappa shape index (κ1) is 19.2. The van der Waals surface area contributed by atoms with Crippen molar-refractivity contribution in [3.05, 3.63) is 0 Å². The highest BCUT2D eigenvalue weighted by atomic mass is 16.6. The lowest BCUT2D eigenvalue weighted by molar-refractivity contribution is -0.916. The van der Waals surface area contributed by atoms with E-state index in [9.17, 15) is 4.79 Å². The van der Waals surface area contributed by atoms with Gasteiger partial charge < -0.3 is 14.0 Å². The third-order valence-electron chi connectivity index (χ3n) is 8.07. The molecule has 2 aliphatic carbocycles. The fourth-order valence-corrected chi connectivity index (χ4v) is 5.91. The van der Waals surface area contributed by atoms with E-state index in [1.807, 2.05) is 0 Å². The van der Waals surface area contributed by atoms with E-state index in [0.29, 0.717) is 18.1 Å². The van der Waals surface area contributed by atoms with E-state index in [1.165, 1.54) is 58.5 Å². The van der Waals surface area contributed by atoms with E-state index in [2.05, 4.69) is 27.8 Å². The van der Waals surface area contributed by atoms with Gasteiger partial charge in [-0.25, -0.2) is 0 Å². The largest absolute Gasteiger partial charge is 0.454 e. The maximum Gasteiger partial charge on any atom is 0.303 e. The Morgan fingerprint density at radius 2 is 1.88 bits per heavy atom. The number of nitrogens with zero attached hydrogens (tertiary/aromatic N) is 1. The molecule has 144 valence electrons. The number of rotatable bonds is 6. The molecular weight excluding hydrogens is 314 g/mol. The van der Waals surface area contributed by atoms with Crippen LogP contribution in [0.3, 0.4) is 0 Å². The quantitative estimate of drug-likeness (QED) is 0.539. The monoisotopic (exact) mass is 352 g/mol. The Hall–Kier alpha value is -0.610. The van der Waals surface area contributed by atoms with Crippen molar-refractivity contribution in [2.45, 2.75) is 78.4 Å². The van der Waals surface area contributed by atoms with Crippen molar-refractivity contribution >= 4 is 5.97 Å². The van der Waals surface area contributed by atoms with Gasteiger partial charge in [0.2, 0.25) is 0 Å². The van der Waals surface area contributed by atoms with E-state index < -0.39 is 0 Å². The molecule has 3 rings (SSSR count). The number of hydrogen-bond acceptors (Lipinski definition) is 3. The van der Waals surface area contributed by atoms with Crippen LogP contribution >= 0.6 is 0 Å². The summed E-state index contributed by atoms with van der Waals surface area (Å²) in [6.07, 6.45) is 7.86. The van der Waals surface area contributed by atoms with Gasteiger partial charge in [0.25, 0.3) is 0 Å². The summed E-state index contributed by atoms with van der Waals surface area (Å²) in [6, 6.07) is 0. The number of piperidine rings is 1. The van der Waals surface area contributed by atoms with E-state index >= 15 is 0 Å². The third-order valence-corrected chi connectivity index (χ3v) is 8.07. The van der Waals surface area contributed by atoms with Crippen molar-refractivity contribution in [1.82, 2.24) is 0 Å². The SMILES string of the molecule is CC(=O)O[C@@H](CO[C@@H]1C[C@@H]2CC[C@@]1(C)C2(C)C)C[N+]1(C)CCCCC1. The minimum Gasteiger partial charge on any atom is -0.454 e. The fourth-order valence-electron chi connectivity index (χ4n) is 5.91. The molecule has 0 spiro atoms. The topological polar surface area (TPSA) is 35.5 Å². The number of likely N-dealkylation sites (tertiary alicyclic amines) is 1. The Labute approximate surface area is 153 Å². The average Bonchev–Trinajstić information content (AvgIpc) is 2.85. The average molecular weight is 353 g/mol. The van der Waals surface area contributed by atoms with Crippen LogP contribution in [-0.2, 0) is 14.3 Å². The molecule has 0 aromatic heterocycles. The molecular formula is C21H38NO3+. The Morgan fingerprint density at radius 1 is 1.20 bits per heavy atom. The van der Waals surface area contributed by atoms with Crippen LogP contribution in [0.1, 0.15) is 66.2 Å². The number of likely N-dealkylation sites (N-methyl/N-ethyl adjacent to an activating group) is 1. The van der Waals surface area contributed by atoms with Gasteiger partial charge in [0.05, 0.1) is 32.8 Å². The second-order valence-corrected chi connectivity index (χ2v) is 9.97. The van der Waals surface area contributed by atoms with Crippen molar-refractivity contribution in [3.63, 3.8) is 0 Å². The summed E-state index contributed by atoms with van der Waals surface area (Å²) in [4.78, 5) is 11.6. The first-order chi connectivity index (χ1) is 11.7. The molecule has 2 bridgehead atoms. The van der Waals surface area contributed by atoms with Crippen LogP contribution in [0.5, 0.6) is 0 Å². The number of ether oxygens (including phenoxy) is 2. The van der Waals surface area contributed by atoms with Crippen LogP contribution < -0.4 is 0 Å². The van der Waals surface area contributed by atoms with Gasteiger partial charge in [-0.1, -0.05) is 20.8 Å². The Kier molecular flexibility index (Phi) is 5.25. The second kappa shape index (κ2) is 6.84. The number of carbonyl (C=O) groups is 1. The molecule has 0 N–H and O–H groups in total. The normalized spacial score (nSPS) is 37.0. The van der Waals surface area contributed by atoms with Gasteiger partial charge in [-0.15, -0.1) is 0 Å². The summed E-state index contributed by atoms with van der Waals surface area (Å²) in [7, 11) is 2.30. The third kappa shape index (κ3) is 3.62. The van der Waals surface area contributed by atoms with E-state index in [1.54, 1.807) is 0 Å². The maximum absolute atomic E-state index is 11.6. The predicted octanol–water partition coefficient (Wildman–Crippen LogP) is 3.78. The zero-order valence-corrected chi connectivity index (χ0v) is 17.0. The van der Waals surface area contributed by atoms with Crippen molar-refractivity contribution in [2.24, 2.45) is 16.7 Å². The molecule has 2 saturated carbocycles. The van der Waals surface area contributed by atoms with E-state index in [-0.39, 0.29) is 17.5 Å². The number of fused-ring (bicyclic) bond motifs is 2. The van der Waals surface area contributed by atoms with Crippen LogP contribution in [0.15, 0.2) is 0 Å². The van der Waals surface area contributed by atoms with Gasteiger partial charge in [0, 0.05) is 6.92 Å². The summed E-state index contributed by atoms with van der Waals surface area (Å²) in [5, 5.41) is 0. The first-order valence-corrected chi connectivity index (χ1v) is 10.3. The summed E-state index contributed by atoms with van der Waals surface area (Å²) in [5.74, 6) is 0.595.